The van der Waals surface area contributed by atoms with Crippen molar-refractivity contribution in [2.45, 2.75) is 43.8 Å². The number of amides is 2. The van der Waals surface area contributed by atoms with Gasteiger partial charge in [0.2, 0.25) is 11.8 Å². The number of hydrogen-bond donors (Lipinski definition) is 2. The lowest BCUT2D eigenvalue weighted by atomic mass is 9.95. The van der Waals surface area contributed by atoms with E-state index in [2.05, 4.69) is 10.3 Å². The lowest BCUT2D eigenvalue weighted by Gasteiger charge is -2.43. The highest BCUT2D eigenvalue weighted by molar-refractivity contribution is 6.04. The van der Waals surface area contributed by atoms with Gasteiger partial charge >= 0.3 is 0 Å². The number of nitrogens with one attached hydrogen (secondary N) is 2. The lowest BCUT2D eigenvalue weighted by Crippen LogP contribution is -2.64. The Bertz CT molecular complexity index is 1270. The summed E-state index contributed by atoms with van der Waals surface area (Å²) in [5.41, 5.74) is 3.09. The van der Waals surface area contributed by atoms with Crippen molar-refractivity contribution in [2.24, 2.45) is 0 Å². The summed E-state index contributed by atoms with van der Waals surface area (Å²) in [5, 5.41) is 3.69. The molecule has 0 radical (unpaired) electrons. The maximum Gasteiger partial charge on any atom is 0.240 e. The van der Waals surface area contributed by atoms with Gasteiger partial charge in [0.15, 0.2) is 5.78 Å². The molecule has 2 saturated heterocycles. The maximum atomic E-state index is 13.8. The number of ketones is 1. The number of H-pyrrole nitrogens is 1. The fourth-order valence-electron chi connectivity index (χ4n) is 5.37. The van der Waals surface area contributed by atoms with Gasteiger partial charge in [-0.05, 0) is 36.5 Å². The monoisotopic (exact) mass is 486 g/mol. The van der Waals surface area contributed by atoms with E-state index in [0.717, 1.165) is 28.5 Å². The Morgan fingerprint density at radius 2 is 1.83 bits per heavy atom. The Labute approximate surface area is 209 Å². The lowest BCUT2D eigenvalue weighted by molar-refractivity contribution is -0.147. The van der Waals surface area contributed by atoms with E-state index in [1.807, 2.05) is 65.7 Å². The van der Waals surface area contributed by atoms with Crippen LogP contribution in [0.15, 0.2) is 60.8 Å². The Balaban J connectivity index is 1.41. The fraction of sp³-hybridized carbons (Fsp3) is 0.357. The van der Waals surface area contributed by atoms with Crippen LogP contribution in [0.5, 0.6) is 0 Å². The molecule has 2 amide bonds. The molecule has 186 valence electrons. The standard InChI is InChI=1S/C28H30N4O4/c33-18-25(27(35)23-10-11-26(34)30-23)32-15-14-31(13-12-19-6-2-1-3-7-19)28(36)24(32)16-20-17-29-22-9-5-4-8-21(20)22/h1-9,17-18,23-25,29H,10-16H2,(H,30,34). The topological polar surface area (TPSA) is 103 Å². The van der Waals surface area contributed by atoms with Crippen LogP contribution in [-0.2, 0) is 32.0 Å². The van der Waals surface area contributed by atoms with Crippen molar-refractivity contribution < 1.29 is 19.2 Å². The zero-order valence-electron chi connectivity index (χ0n) is 20.1. The summed E-state index contributed by atoms with van der Waals surface area (Å²) in [4.78, 5) is 57.8. The van der Waals surface area contributed by atoms with Gasteiger partial charge in [-0.2, -0.15) is 0 Å². The molecular weight excluding hydrogens is 456 g/mol. The third-order valence-electron chi connectivity index (χ3n) is 7.34. The Morgan fingerprint density at radius 1 is 1.06 bits per heavy atom. The number of aldehydes is 1. The molecule has 0 saturated carbocycles. The molecule has 1 aromatic heterocycles. The minimum atomic E-state index is -1.08. The summed E-state index contributed by atoms with van der Waals surface area (Å²) < 4.78 is 0. The summed E-state index contributed by atoms with van der Waals surface area (Å²) in [7, 11) is 0. The van der Waals surface area contributed by atoms with Gasteiger partial charge in [0, 0.05) is 43.2 Å². The van der Waals surface area contributed by atoms with E-state index in [1.165, 1.54) is 0 Å². The highest BCUT2D eigenvalue weighted by Crippen LogP contribution is 2.25. The molecule has 0 spiro atoms. The number of rotatable bonds is 9. The van der Waals surface area contributed by atoms with Crippen LogP contribution in [-0.4, -0.2) is 76.4 Å². The number of Topliss-reactive ketones (excluding diaryl/α,β-unsaturated/α-hetero) is 1. The number of piperazine rings is 1. The Kier molecular flexibility index (Phi) is 6.95. The first kappa shape index (κ1) is 23.9. The number of para-hydroxylation sites is 1. The highest BCUT2D eigenvalue weighted by atomic mass is 16.2. The van der Waals surface area contributed by atoms with Gasteiger partial charge in [0.05, 0.1) is 12.1 Å². The van der Waals surface area contributed by atoms with Crippen molar-refractivity contribution in [2.75, 3.05) is 19.6 Å². The molecule has 2 N–H and O–H groups in total. The third-order valence-corrected chi connectivity index (χ3v) is 7.34. The minimum Gasteiger partial charge on any atom is -0.361 e. The van der Waals surface area contributed by atoms with Crippen LogP contribution >= 0.6 is 0 Å². The number of aromatic amines is 1. The first-order chi connectivity index (χ1) is 17.5. The van der Waals surface area contributed by atoms with E-state index >= 15 is 0 Å². The molecule has 3 heterocycles. The van der Waals surface area contributed by atoms with E-state index in [-0.39, 0.29) is 24.0 Å². The summed E-state index contributed by atoms with van der Waals surface area (Å²) in [5.74, 6) is -0.613. The Morgan fingerprint density at radius 3 is 2.58 bits per heavy atom. The minimum absolute atomic E-state index is 0.0856. The molecule has 2 aliphatic rings. The van der Waals surface area contributed by atoms with Crippen LogP contribution in [0.25, 0.3) is 10.9 Å². The summed E-state index contributed by atoms with van der Waals surface area (Å²) in [6.45, 7) is 1.41. The molecule has 2 aromatic carbocycles. The molecule has 0 aliphatic carbocycles. The predicted octanol–water partition coefficient (Wildman–Crippen LogP) is 1.88. The number of carbonyl (C=O) groups is 4. The van der Waals surface area contributed by atoms with Gasteiger partial charge in [-0.15, -0.1) is 0 Å². The summed E-state index contributed by atoms with van der Waals surface area (Å²) in [6, 6.07) is 15.5. The molecular formula is C28H30N4O4. The molecule has 2 fully saturated rings. The summed E-state index contributed by atoms with van der Waals surface area (Å²) in [6.07, 6.45) is 4.28. The number of fused-ring (bicyclic) bond motifs is 1. The fourth-order valence-corrected chi connectivity index (χ4v) is 5.37. The second kappa shape index (κ2) is 10.5. The molecule has 8 heteroatoms. The molecule has 3 atom stereocenters. The zero-order valence-corrected chi connectivity index (χ0v) is 20.1. The largest absolute Gasteiger partial charge is 0.361 e. The van der Waals surface area contributed by atoms with E-state index in [1.54, 1.807) is 4.90 Å². The average Bonchev–Trinajstić information content (AvgIpc) is 3.52. The van der Waals surface area contributed by atoms with Crippen molar-refractivity contribution in [1.29, 1.82) is 0 Å². The van der Waals surface area contributed by atoms with E-state index in [4.69, 9.17) is 0 Å². The molecule has 0 bridgehead atoms. The first-order valence-electron chi connectivity index (χ1n) is 12.5. The van der Waals surface area contributed by atoms with E-state index in [9.17, 15) is 19.2 Å². The molecule has 8 nitrogen and oxygen atoms in total. The van der Waals surface area contributed by atoms with Crippen molar-refractivity contribution in [3.05, 3.63) is 71.9 Å². The van der Waals surface area contributed by atoms with Gasteiger partial charge in [0.25, 0.3) is 0 Å². The summed E-state index contributed by atoms with van der Waals surface area (Å²) >= 11 is 0. The van der Waals surface area contributed by atoms with E-state index in [0.29, 0.717) is 38.8 Å². The normalized spacial score (nSPS) is 21.5. The number of nitrogens with zero attached hydrogens (tertiary/aromatic N) is 2. The van der Waals surface area contributed by atoms with Crippen LogP contribution in [0.3, 0.4) is 0 Å². The van der Waals surface area contributed by atoms with Crippen LogP contribution in [0.4, 0.5) is 0 Å². The van der Waals surface area contributed by atoms with Gasteiger partial charge in [-0.1, -0.05) is 48.5 Å². The average molecular weight is 487 g/mol. The second-order valence-corrected chi connectivity index (χ2v) is 9.52. The van der Waals surface area contributed by atoms with Crippen molar-refractivity contribution in [3.63, 3.8) is 0 Å². The maximum absolute atomic E-state index is 13.8. The zero-order chi connectivity index (χ0) is 25.1. The number of benzene rings is 2. The highest BCUT2D eigenvalue weighted by Gasteiger charge is 2.43. The Hall–Kier alpha value is -3.78. The third kappa shape index (κ3) is 4.81. The molecule has 3 aromatic rings. The van der Waals surface area contributed by atoms with Crippen molar-refractivity contribution in [3.8, 4) is 0 Å². The molecule has 5 rings (SSSR count). The SMILES string of the molecule is O=CC(C(=O)C1CCC(=O)N1)N1CCN(CCc2ccccc2)C(=O)C1Cc1c[nH]c2ccccc12. The predicted molar refractivity (Wildman–Crippen MR) is 135 cm³/mol. The molecule has 2 aliphatic heterocycles. The van der Waals surface area contributed by atoms with Gasteiger partial charge in [-0.25, -0.2) is 0 Å². The quantitative estimate of drug-likeness (QED) is 0.355. The van der Waals surface area contributed by atoms with Crippen molar-refractivity contribution >= 4 is 34.8 Å². The number of aromatic nitrogens is 1. The molecule has 3 unspecified atom stereocenters. The van der Waals surface area contributed by atoms with Crippen LogP contribution < -0.4 is 5.32 Å². The van der Waals surface area contributed by atoms with Crippen LogP contribution in [0.2, 0.25) is 0 Å². The van der Waals surface area contributed by atoms with Gasteiger partial charge in [0.1, 0.15) is 12.3 Å². The number of hydrogen-bond acceptors (Lipinski definition) is 5. The van der Waals surface area contributed by atoms with E-state index < -0.39 is 18.1 Å². The second-order valence-electron chi connectivity index (χ2n) is 9.52. The van der Waals surface area contributed by atoms with Crippen LogP contribution in [0.1, 0.15) is 24.0 Å². The molecule has 36 heavy (non-hydrogen) atoms. The number of carbonyl (C=O) groups excluding carboxylic acids is 4. The van der Waals surface area contributed by atoms with Crippen molar-refractivity contribution in [1.82, 2.24) is 20.1 Å². The smallest absolute Gasteiger partial charge is 0.240 e. The van der Waals surface area contributed by atoms with Crippen LogP contribution in [0, 0.1) is 0 Å². The first-order valence-corrected chi connectivity index (χ1v) is 12.5. The van der Waals surface area contributed by atoms with Gasteiger partial charge < -0.3 is 20.0 Å². The van der Waals surface area contributed by atoms with Gasteiger partial charge in [-0.3, -0.25) is 19.3 Å².